The van der Waals surface area contributed by atoms with E-state index in [-0.39, 0.29) is 5.88 Å². The van der Waals surface area contributed by atoms with E-state index in [4.69, 9.17) is 9.47 Å². The molecule has 0 aliphatic rings. The van der Waals surface area contributed by atoms with E-state index in [2.05, 4.69) is 10.3 Å². The van der Waals surface area contributed by atoms with E-state index in [9.17, 15) is 5.11 Å². The van der Waals surface area contributed by atoms with Crippen molar-refractivity contribution in [2.24, 2.45) is 0 Å². The molecule has 23 heavy (non-hydrogen) atoms. The van der Waals surface area contributed by atoms with Crippen molar-refractivity contribution in [1.29, 1.82) is 0 Å². The first-order valence-electron chi connectivity index (χ1n) is 6.95. The number of methoxy groups -OCH3 is 2. The fourth-order valence-electron chi connectivity index (χ4n) is 2.18. The van der Waals surface area contributed by atoms with Gasteiger partial charge in [-0.3, -0.25) is 0 Å². The smallest absolute Gasteiger partial charge is 0.232 e. The molecule has 3 aromatic rings. The highest BCUT2D eigenvalue weighted by Crippen LogP contribution is 2.43. The number of nitrogens with zero attached hydrogens (tertiary/aromatic N) is 1. The van der Waals surface area contributed by atoms with Crippen LogP contribution >= 0.6 is 11.3 Å². The number of hydrogen-bond acceptors (Lipinski definition) is 6. The third-order valence-electron chi connectivity index (χ3n) is 3.29. The molecule has 0 aliphatic heterocycles. The van der Waals surface area contributed by atoms with Gasteiger partial charge in [-0.15, -0.1) is 0 Å². The lowest BCUT2D eigenvalue weighted by Crippen LogP contribution is -1.89. The lowest BCUT2D eigenvalue weighted by molar-refractivity contribution is 0.404. The van der Waals surface area contributed by atoms with Crippen LogP contribution in [-0.2, 0) is 0 Å². The molecule has 1 aromatic heterocycles. The maximum absolute atomic E-state index is 10.2. The summed E-state index contributed by atoms with van der Waals surface area (Å²) in [7, 11) is 3.19. The van der Waals surface area contributed by atoms with E-state index in [1.165, 1.54) is 11.3 Å². The molecule has 0 unspecified atom stereocenters. The van der Waals surface area contributed by atoms with Gasteiger partial charge in [0.1, 0.15) is 16.4 Å². The molecule has 0 radical (unpaired) electrons. The molecule has 0 amide bonds. The molecule has 2 aromatic carbocycles. The van der Waals surface area contributed by atoms with Gasteiger partial charge in [-0.05, 0) is 30.3 Å². The fraction of sp³-hybridized carbons (Fsp3) is 0.118. The summed E-state index contributed by atoms with van der Waals surface area (Å²) in [5.74, 6) is 1.29. The zero-order valence-electron chi connectivity index (χ0n) is 12.7. The second-order valence-corrected chi connectivity index (χ2v) is 5.73. The number of thiazole rings is 1. The Morgan fingerprint density at radius 3 is 2.52 bits per heavy atom. The Morgan fingerprint density at radius 2 is 1.83 bits per heavy atom. The first kappa shape index (κ1) is 15.2. The zero-order chi connectivity index (χ0) is 16.2. The van der Waals surface area contributed by atoms with Crippen molar-refractivity contribution in [3.63, 3.8) is 0 Å². The molecule has 3 rings (SSSR count). The number of ether oxygens (including phenoxy) is 2. The van der Waals surface area contributed by atoms with Crippen LogP contribution in [0.3, 0.4) is 0 Å². The van der Waals surface area contributed by atoms with E-state index in [0.717, 1.165) is 11.3 Å². The number of hydrogen-bond donors (Lipinski definition) is 2. The molecular formula is C17H16N2O3S. The summed E-state index contributed by atoms with van der Waals surface area (Å²) in [6.45, 7) is 0. The number of nitrogens with one attached hydrogen (secondary N) is 1. The van der Waals surface area contributed by atoms with Gasteiger partial charge in [0.2, 0.25) is 5.88 Å². The predicted molar refractivity (Wildman–Crippen MR) is 92.0 cm³/mol. The monoisotopic (exact) mass is 328 g/mol. The van der Waals surface area contributed by atoms with Crippen LogP contribution in [0.1, 0.15) is 0 Å². The molecule has 0 fully saturated rings. The minimum atomic E-state index is -0.0417. The van der Waals surface area contributed by atoms with Crippen molar-refractivity contribution in [1.82, 2.24) is 4.98 Å². The molecule has 5 nitrogen and oxygen atoms in total. The molecule has 6 heteroatoms. The summed E-state index contributed by atoms with van der Waals surface area (Å²) in [5.41, 5.74) is 1.65. The maximum Gasteiger partial charge on any atom is 0.232 e. The predicted octanol–water partition coefficient (Wildman–Crippen LogP) is 4.28. The first-order chi connectivity index (χ1) is 11.2. The molecule has 0 bridgehead atoms. The highest BCUT2D eigenvalue weighted by Gasteiger charge is 2.17. The average Bonchev–Trinajstić information content (AvgIpc) is 2.95. The third-order valence-corrected chi connectivity index (χ3v) is 4.28. The number of anilines is 2. The molecule has 118 valence electrons. The van der Waals surface area contributed by atoms with Crippen LogP contribution < -0.4 is 14.8 Å². The summed E-state index contributed by atoms with van der Waals surface area (Å²) in [6, 6.07) is 15.1. The van der Waals surface area contributed by atoms with Crippen LogP contribution in [-0.4, -0.2) is 24.3 Å². The molecule has 1 heterocycles. The van der Waals surface area contributed by atoms with Crippen molar-refractivity contribution in [2.45, 2.75) is 0 Å². The average molecular weight is 328 g/mol. The lowest BCUT2D eigenvalue weighted by Gasteiger charge is -2.08. The minimum absolute atomic E-state index is 0.0417. The molecule has 0 aliphatic carbocycles. The van der Waals surface area contributed by atoms with Gasteiger partial charge in [-0.2, -0.15) is 4.98 Å². The second kappa shape index (κ2) is 6.58. The van der Waals surface area contributed by atoms with Gasteiger partial charge in [-0.1, -0.05) is 29.5 Å². The van der Waals surface area contributed by atoms with Crippen LogP contribution in [0.25, 0.3) is 10.4 Å². The molecule has 0 saturated heterocycles. The van der Waals surface area contributed by atoms with Crippen molar-refractivity contribution in [3.8, 4) is 27.8 Å². The molecule has 2 N–H and O–H groups in total. The Hall–Kier alpha value is -2.73. The zero-order valence-corrected chi connectivity index (χ0v) is 13.6. The summed E-state index contributed by atoms with van der Waals surface area (Å²) < 4.78 is 10.6. The van der Waals surface area contributed by atoms with Gasteiger partial charge in [0, 0.05) is 11.3 Å². The summed E-state index contributed by atoms with van der Waals surface area (Å²) in [4.78, 5) is 4.80. The van der Waals surface area contributed by atoms with Gasteiger partial charge in [0.25, 0.3) is 0 Å². The van der Waals surface area contributed by atoms with Crippen LogP contribution in [0.2, 0.25) is 0 Å². The molecule has 0 saturated carbocycles. The van der Waals surface area contributed by atoms with Crippen LogP contribution in [0.5, 0.6) is 17.4 Å². The van der Waals surface area contributed by atoms with E-state index >= 15 is 0 Å². The number of para-hydroxylation sites is 1. The summed E-state index contributed by atoms with van der Waals surface area (Å²) in [6.07, 6.45) is 0. The third kappa shape index (κ3) is 3.22. The Balaban J connectivity index is 1.98. The molecular weight excluding hydrogens is 312 g/mol. The SMILES string of the molecule is COc1ccc(OC)c(-c2sc(Nc3ccccc3)nc2O)c1. The number of aromatic hydroxyl groups is 1. The normalized spacial score (nSPS) is 10.3. The minimum Gasteiger partial charge on any atom is -0.497 e. The van der Waals surface area contributed by atoms with Gasteiger partial charge in [-0.25, -0.2) is 0 Å². The van der Waals surface area contributed by atoms with Crippen molar-refractivity contribution < 1.29 is 14.6 Å². The van der Waals surface area contributed by atoms with E-state index < -0.39 is 0 Å². The maximum atomic E-state index is 10.2. The lowest BCUT2D eigenvalue weighted by atomic mass is 10.1. The van der Waals surface area contributed by atoms with Crippen molar-refractivity contribution >= 4 is 22.2 Å². The van der Waals surface area contributed by atoms with E-state index in [1.807, 2.05) is 42.5 Å². The standard InChI is InChI=1S/C17H16N2O3S/c1-21-12-8-9-14(22-2)13(10-12)15-16(20)19-17(23-15)18-11-6-4-3-5-7-11/h3-10,20H,1-2H3,(H,18,19). The van der Waals surface area contributed by atoms with E-state index in [1.54, 1.807) is 20.3 Å². The quantitative estimate of drug-likeness (QED) is 0.732. The fourth-order valence-corrected chi connectivity index (χ4v) is 3.08. The topological polar surface area (TPSA) is 63.6 Å². The van der Waals surface area contributed by atoms with Crippen molar-refractivity contribution in [3.05, 3.63) is 48.5 Å². The summed E-state index contributed by atoms with van der Waals surface area (Å²) in [5, 5.41) is 14.0. The second-order valence-electron chi connectivity index (χ2n) is 4.73. The van der Waals surface area contributed by atoms with Gasteiger partial charge in [0.05, 0.1) is 14.2 Å². The Labute approximate surface area is 138 Å². The van der Waals surface area contributed by atoms with Gasteiger partial charge in [0.15, 0.2) is 5.13 Å². The Kier molecular flexibility index (Phi) is 4.34. The number of benzene rings is 2. The van der Waals surface area contributed by atoms with Crippen LogP contribution in [0, 0.1) is 0 Å². The molecule has 0 spiro atoms. The van der Waals surface area contributed by atoms with Crippen LogP contribution in [0.15, 0.2) is 48.5 Å². The molecule has 0 atom stereocenters. The van der Waals surface area contributed by atoms with Gasteiger partial charge >= 0.3 is 0 Å². The van der Waals surface area contributed by atoms with E-state index in [0.29, 0.717) is 21.5 Å². The largest absolute Gasteiger partial charge is 0.497 e. The van der Waals surface area contributed by atoms with Crippen molar-refractivity contribution in [2.75, 3.05) is 19.5 Å². The van der Waals surface area contributed by atoms with Crippen LogP contribution in [0.4, 0.5) is 10.8 Å². The highest BCUT2D eigenvalue weighted by atomic mass is 32.1. The highest BCUT2D eigenvalue weighted by molar-refractivity contribution is 7.19. The first-order valence-corrected chi connectivity index (χ1v) is 7.77. The Bertz CT molecular complexity index is 803. The Morgan fingerprint density at radius 1 is 1.04 bits per heavy atom. The van der Waals surface area contributed by atoms with Gasteiger partial charge < -0.3 is 19.9 Å². The summed E-state index contributed by atoms with van der Waals surface area (Å²) >= 11 is 1.35. The number of rotatable bonds is 5. The number of aromatic nitrogens is 1.